The number of morpholine rings is 1. The number of amides is 2. The van der Waals surface area contributed by atoms with E-state index in [9.17, 15) is 14.4 Å². The third kappa shape index (κ3) is 11.6. The van der Waals surface area contributed by atoms with Crippen LogP contribution in [0.4, 0.5) is 5.69 Å². The van der Waals surface area contributed by atoms with Gasteiger partial charge in [-0.25, -0.2) is 4.98 Å². The number of aryl methyl sites for hydroxylation is 3. The Labute approximate surface area is 318 Å². The molecule has 296 valence electrons. The van der Waals surface area contributed by atoms with Gasteiger partial charge in [0.2, 0.25) is 11.8 Å². The van der Waals surface area contributed by atoms with Crippen molar-refractivity contribution in [2.75, 3.05) is 111 Å². The van der Waals surface area contributed by atoms with E-state index >= 15 is 0 Å². The number of hydrogen-bond acceptors (Lipinski definition) is 11. The van der Waals surface area contributed by atoms with Crippen LogP contribution in [0.15, 0.2) is 41.2 Å². The summed E-state index contributed by atoms with van der Waals surface area (Å²) in [6.07, 6.45) is 0.647. The molecule has 2 fully saturated rings. The highest BCUT2D eigenvalue weighted by atomic mass is 16.5. The molecule has 1 atom stereocenters. The van der Waals surface area contributed by atoms with Gasteiger partial charge in [-0.1, -0.05) is 37.3 Å². The fourth-order valence-electron chi connectivity index (χ4n) is 6.88. The minimum Gasteiger partial charge on any atom is -0.378 e. The van der Waals surface area contributed by atoms with Gasteiger partial charge in [-0.2, -0.15) is 0 Å². The van der Waals surface area contributed by atoms with Crippen LogP contribution in [0.3, 0.4) is 0 Å². The predicted molar refractivity (Wildman–Crippen MR) is 207 cm³/mol. The molecule has 3 heterocycles. The summed E-state index contributed by atoms with van der Waals surface area (Å²) in [5.41, 5.74) is 4.24. The van der Waals surface area contributed by atoms with Gasteiger partial charge in [0.25, 0.3) is 5.56 Å². The molecule has 1 unspecified atom stereocenters. The number of ether oxygens (including phenoxy) is 5. The first kappa shape index (κ1) is 41.4. The summed E-state index contributed by atoms with van der Waals surface area (Å²) in [5.74, 6) is 0.355. The van der Waals surface area contributed by atoms with Crippen LogP contribution in [0.25, 0.3) is 10.9 Å². The Morgan fingerprint density at radius 1 is 0.722 bits per heavy atom. The van der Waals surface area contributed by atoms with Crippen LogP contribution in [0.5, 0.6) is 0 Å². The fraction of sp³-hybridized carbons (Fsp3) is 0.600. The van der Waals surface area contributed by atoms with Crippen molar-refractivity contribution in [1.82, 2.24) is 24.3 Å². The van der Waals surface area contributed by atoms with Crippen molar-refractivity contribution in [1.29, 1.82) is 0 Å². The second kappa shape index (κ2) is 21.4. The van der Waals surface area contributed by atoms with Gasteiger partial charge < -0.3 is 33.9 Å². The average molecular weight is 751 g/mol. The predicted octanol–water partition coefficient (Wildman–Crippen LogP) is 2.78. The SMILES string of the molecule is CCC(C(=O)Nc1c(C)cccc1C)N1CCOCCOCCN(Cc2nc3c(C)cccc3c(=O)n2CC(=O)N2CCOCC2)CCOCCOCC1. The van der Waals surface area contributed by atoms with Crippen LogP contribution >= 0.6 is 0 Å². The highest BCUT2D eigenvalue weighted by Gasteiger charge is 2.26. The van der Waals surface area contributed by atoms with Crippen LogP contribution in [0.2, 0.25) is 0 Å². The summed E-state index contributed by atoms with van der Waals surface area (Å²) < 4.78 is 30.9. The van der Waals surface area contributed by atoms with Gasteiger partial charge in [-0.05, 0) is 49.9 Å². The van der Waals surface area contributed by atoms with E-state index in [4.69, 9.17) is 28.7 Å². The number of hydrogen-bond donors (Lipinski definition) is 1. The van der Waals surface area contributed by atoms with Gasteiger partial charge in [-0.3, -0.25) is 28.8 Å². The number of carbonyl (C=O) groups is 2. The summed E-state index contributed by atoms with van der Waals surface area (Å²) >= 11 is 0. The molecular weight excluding hydrogens is 692 g/mol. The van der Waals surface area contributed by atoms with Crippen molar-refractivity contribution in [3.63, 3.8) is 0 Å². The summed E-state index contributed by atoms with van der Waals surface area (Å²) in [4.78, 5) is 51.7. The Morgan fingerprint density at radius 2 is 1.24 bits per heavy atom. The molecular formula is C40H58N6O8. The molecule has 2 amide bonds. The highest BCUT2D eigenvalue weighted by molar-refractivity contribution is 5.96. The zero-order valence-electron chi connectivity index (χ0n) is 32.5. The van der Waals surface area contributed by atoms with E-state index in [2.05, 4.69) is 15.1 Å². The quantitative estimate of drug-likeness (QED) is 0.364. The van der Waals surface area contributed by atoms with E-state index in [1.54, 1.807) is 11.0 Å². The van der Waals surface area contributed by atoms with Crippen LogP contribution in [-0.2, 0) is 46.4 Å². The van der Waals surface area contributed by atoms with Crippen LogP contribution in [0.1, 0.15) is 35.9 Å². The van der Waals surface area contributed by atoms with Crippen LogP contribution < -0.4 is 10.9 Å². The maximum atomic E-state index is 13.9. The van der Waals surface area contributed by atoms with Gasteiger partial charge >= 0.3 is 0 Å². The minimum atomic E-state index is -0.338. The molecule has 54 heavy (non-hydrogen) atoms. The second-order valence-corrected chi connectivity index (χ2v) is 13.8. The first-order valence-corrected chi connectivity index (χ1v) is 19.3. The molecule has 14 heteroatoms. The molecule has 1 N–H and O–H groups in total. The molecule has 5 rings (SSSR count). The number of para-hydroxylation sites is 2. The lowest BCUT2D eigenvalue weighted by Gasteiger charge is -2.30. The zero-order chi connectivity index (χ0) is 38.3. The topological polar surface area (TPSA) is 137 Å². The normalized spacial score (nSPS) is 18.9. The third-order valence-corrected chi connectivity index (χ3v) is 10.0. The Bertz CT molecular complexity index is 1690. The monoisotopic (exact) mass is 750 g/mol. The highest BCUT2D eigenvalue weighted by Crippen LogP contribution is 2.21. The molecule has 2 aliphatic heterocycles. The van der Waals surface area contributed by atoms with Crippen molar-refractivity contribution in [3.05, 3.63) is 69.3 Å². The van der Waals surface area contributed by atoms with Crippen LogP contribution in [0, 0.1) is 20.8 Å². The summed E-state index contributed by atoms with van der Waals surface area (Å²) in [6, 6.07) is 11.2. The number of anilines is 1. The van der Waals surface area contributed by atoms with Crippen molar-refractivity contribution in [2.45, 2.75) is 53.2 Å². The number of nitrogens with one attached hydrogen (secondary N) is 1. The van der Waals surface area contributed by atoms with Crippen molar-refractivity contribution in [3.8, 4) is 0 Å². The third-order valence-electron chi connectivity index (χ3n) is 10.0. The molecule has 14 nitrogen and oxygen atoms in total. The van der Waals surface area contributed by atoms with Gasteiger partial charge in [-0.15, -0.1) is 0 Å². The summed E-state index contributed by atoms with van der Waals surface area (Å²) in [6.45, 7) is 15.8. The Morgan fingerprint density at radius 3 is 1.83 bits per heavy atom. The molecule has 3 aromatic rings. The van der Waals surface area contributed by atoms with Crippen molar-refractivity contribution in [2.24, 2.45) is 0 Å². The molecule has 2 saturated heterocycles. The van der Waals surface area contributed by atoms with Gasteiger partial charge in [0.1, 0.15) is 12.4 Å². The standard InChI is InChI=1S/C40H58N6O8/c1-5-34(39(48)42-37-30(2)8-6-9-31(37)3)44-14-20-53-26-24-51-18-12-43(13-19-52-25-27-54-21-15-44)28-35-41-38-32(4)10-7-11-33(38)40(49)46(35)29-36(47)45-16-22-50-23-17-45/h6-11,34H,5,12-29H2,1-4H3,(H,42,48). The second-order valence-electron chi connectivity index (χ2n) is 13.8. The Balaban J connectivity index is 1.21. The summed E-state index contributed by atoms with van der Waals surface area (Å²) in [5, 5.41) is 3.66. The summed E-state index contributed by atoms with van der Waals surface area (Å²) in [7, 11) is 0. The maximum Gasteiger partial charge on any atom is 0.261 e. The van der Waals surface area contributed by atoms with Gasteiger partial charge in [0, 0.05) is 45.0 Å². The number of nitrogens with zero attached hydrogens (tertiary/aromatic N) is 5. The van der Waals surface area contributed by atoms with E-state index in [1.165, 1.54) is 4.57 Å². The fourth-order valence-corrected chi connectivity index (χ4v) is 6.88. The average Bonchev–Trinajstić information content (AvgIpc) is 3.16. The van der Waals surface area contributed by atoms with Crippen molar-refractivity contribution < 1.29 is 33.3 Å². The lowest BCUT2D eigenvalue weighted by atomic mass is 10.1. The first-order chi connectivity index (χ1) is 26.3. The smallest absolute Gasteiger partial charge is 0.261 e. The molecule has 2 aliphatic rings. The maximum absolute atomic E-state index is 13.9. The minimum absolute atomic E-state index is 0.0389. The molecule has 0 saturated carbocycles. The lowest BCUT2D eigenvalue weighted by molar-refractivity contribution is -0.136. The largest absolute Gasteiger partial charge is 0.378 e. The number of benzene rings is 2. The number of fused-ring (bicyclic) bond motifs is 1. The number of carbonyl (C=O) groups excluding carboxylic acids is 2. The molecule has 2 aromatic carbocycles. The zero-order valence-corrected chi connectivity index (χ0v) is 32.5. The lowest BCUT2D eigenvalue weighted by Crippen LogP contribution is -2.47. The van der Waals surface area contributed by atoms with Gasteiger partial charge in [0.05, 0.1) is 89.6 Å². The molecule has 1 aromatic heterocycles. The van der Waals surface area contributed by atoms with E-state index in [0.29, 0.717) is 135 Å². The Hall–Kier alpha value is -3.76. The van der Waals surface area contributed by atoms with E-state index < -0.39 is 0 Å². The van der Waals surface area contributed by atoms with Crippen LogP contribution in [-0.4, -0.2) is 147 Å². The molecule has 0 spiro atoms. The Kier molecular flexibility index (Phi) is 16.4. The van der Waals surface area contributed by atoms with E-state index in [1.807, 2.05) is 58.0 Å². The number of aromatic nitrogens is 2. The molecule has 0 radical (unpaired) electrons. The number of rotatable bonds is 8. The van der Waals surface area contributed by atoms with Crippen molar-refractivity contribution >= 4 is 28.4 Å². The first-order valence-electron chi connectivity index (χ1n) is 19.3. The van der Waals surface area contributed by atoms with Gasteiger partial charge in [0.15, 0.2) is 0 Å². The molecule has 0 aliphatic carbocycles. The van der Waals surface area contributed by atoms with E-state index in [0.717, 1.165) is 22.4 Å². The molecule has 0 bridgehead atoms. The van der Waals surface area contributed by atoms with E-state index in [-0.39, 0.29) is 30.0 Å².